The zero-order chi connectivity index (χ0) is 96.9. The fourth-order valence-electron chi connectivity index (χ4n) is 16.8. The first kappa shape index (κ1) is 108. The van der Waals surface area contributed by atoms with Crippen molar-refractivity contribution in [3.8, 4) is 0 Å². The highest BCUT2D eigenvalue weighted by Gasteiger charge is 2.63. The van der Waals surface area contributed by atoms with Crippen LogP contribution in [-0.4, -0.2) is 550 Å². The summed E-state index contributed by atoms with van der Waals surface area (Å²) in [7, 11) is 0. The van der Waals surface area contributed by atoms with Crippen molar-refractivity contribution < 1.29 is 262 Å². The molecule has 756 valence electrons. The van der Waals surface area contributed by atoms with Crippen LogP contribution in [-0.2, 0) is 119 Å². The van der Waals surface area contributed by atoms with Crippen molar-refractivity contribution in [2.45, 2.75) is 360 Å². The van der Waals surface area contributed by atoms with E-state index in [0.717, 1.165) is 34.6 Å². The molecule has 10 heterocycles. The van der Waals surface area contributed by atoms with Gasteiger partial charge in [-0.1, -0.05) is 0 Å². The summed E-state index contributed by atoms with van der Waals surface area (Å²) in [6.07, 6.45) is -97.5. The Kier molecular flexibility index (Phi) is 38.4. The Morgan fingerprint density at radius 1 is 0.328 bits per heavy atom. The van der Waals surface area contributed by atoms with Crippen LogP contribution in [0.5, 0.6) is 0 Å². The van der Waals surface area contributed by atoms with Gasteiger partial charge in [0.2, 0.25) is 29.5 Å². The molecule has 10 aliphatic rings. The molecule has 10 unspecified atom stereocenters. The molecule has 0 aromatic heterocycles. The minimum Gasteiger partial charge on any atom is -0.477 e. The molecule has 10 fully saturated rings. The van der Waals surface area contributed by atoms with E-state index in [-0.39, 0.29) is 0 Å². The molecule has 58 nitrogen and oxygen atoms in total. The van der Waals surface area contributed by atoms with Gasteiger partial charge in [0.1, 0.15) is 232 Å². The molecule has 33 N–H and O–H groups in total. The first-order valence-corrected chi connectivity index (χ1v) is 41.6. The van der Waals surface area contributed by atoms with E-state index < -0.39 is 414 Å². The molecule has 0 spiro atoms. The summed E-state index contributed by atoms with van der Waals surface area (Å²) in [5.74, 6) is -9.81. The molecular formula is C73H121N5O53. The van der Waals surface area contributed by atoms with Crippen molar-refractivity contribution in [3.63, 3.8) is 0 Å². The molecule has 58 heteroatoms. The third kappa shape index (κ3) is 24.3. The Labute approximate surface area is 741 Å². The summed E-state index contributed by atoms with van der Waals surface area (Å²) in [5, 5.41) is 326. The van der Waals surface area contributed by atoms with E-state index in [0.29, 0.717) is 0 Å². The number of carboxylic acid groups (broad SMARTS) is 1. The molecule has 0 radical (unpaired) electrons. The van der Waals surface area contributed by atoms with Crippen molar-refractivity contribution >= 4 is 35.5 Å². The van der Waals surface area contributed by atoms with Crippen molar-refractivity contribution in [2.75, 3.05) is 59.5 Å². The standard InChI is InChI=1S/C73H121N5O53/c1-17-38(92)49(103)53(107)67(116-17)113-15-32-58(46(100)34(63(110)117-32)75-19(3)86)125-65-36(77-21(5)88)47(101)57(29(13-84)121-65)127-69-55(109)60(44(98)30(123-69)14-114-70-61(51(105)41(95)26(10-81)119-70)129-64-35(76-20(4)87)45(99)40(94)25(9-80)118-64)128-71-62(52(106)42(96)27(11-82)120-71)130-66-37(78-22(6)89)48(102)56(28(12-83)122-66)126-68-54(108)50(104)43(97)31(124-68)16-115-73(72(111)112)7-23(90)33(74-18(2)85)59(131-73)39(93)24(91)8-79/h17,23-71,79-84,90-110H,7-16H2,1-6H3,(H,74,85)(H,75,86)(H,76,87)(H,77,88)(H,78,89)(H,111,112)/t17-,23-,24+,25+,26+,27+,28+,29+,30+,31+,32+,33+,34+,35+,36+,37+,38+,39+,40+,41+,42+,43-,44+,45+,46+,47+,48+,49+,50-,51-,52-,53-,54+,55-,56+,57+,58+,59+,60-,61-,62-,63?,64?,65?,66?,67?,68?,69?,70?,71?,73?/m0/s1. The molecule has 131 heavy (non-hydrogen) atoms. The Hall–Kier alpha value is -5.02. The highest BCUT2D eigenvalue weighted by atomic mass is 16.8. The molecule has 51 atom stereocenters. The Morgan fingerprint density at radius 2 is 0.679 bits per heavy atom. The molecule has 0 aromatic rings. The number of rotatable bonds is 35. The number of hydrogen-bond acceptors (Lipinski definition) is 52. The van der Waals surface area contributed by atoms with Gasteiger partial charge in [-0.05, 0) is 6.92 Å². The maximum atomic E-state index is 13.3. The summed E-state index contributed by atoms with van der Waals surface area (Å²) >= 11 is 0. The molecule has 5 amide bonds. The van der Waals surface area contributed by atoms with Crippen LogP contribution >= 0.6 is 0 Å². The second-order valence-corrected chi connectivity index (χ2v) is 33.2. The predicted octanol–water partition coefficient (Wildman–Crippen LogP) is -21.9. The molecule has 10 rings (SSSR count). The zero-order valence-corrected chi connectivity index (χ0v) is 70.7. The summed E-state index contributed by atoms with van der Waals surface area (Å²) in [4.78, 5) is 76.7. The topological polar surface area (TPSA) is 904 Å². The van der Waals surface area contributed by atoms with Gasteiger partial charge < -0.3 is 260 Å². The van der Waals surface area contributed by atoms with Gasteiger partial charge in [-0.15, -0.1) is 0 Å². The number of aliphatic carboxylic acids is 1. The highest BCUT2D eigenvalue weighted by molar-refractivity contribution is 5.77. The predicted molar refractivity (Wildman–Crippen MR) is 403 cm³/mol. The van der Waals surface area contributed by atoms with E-state index in [1.165, 1.54) is 6.92 Å². The number of carboxylic acids is 1. The van der Waals surface area contributed by atoms with Crippen LogP contribution in [0.25, 0.3) is 0 Å². The fraction of sp³-hybridized carbons (Fsp3) is 0.918. The smallest absolute Gasteiger partial charge is 0.364 e. The average molecular weight is 1920 g/mol. The van der Waals surface area contributed by atoms with Crippen molar-refractivity contribution in [2.24, 2.45) is 0 Å². The summed E-state index contributed by atoms with van der Waals surface area (Å²) in [6, 6.07) is -9.40. The van der Waals surface area contributed by atoms with Gasteiger partial charge in [-0.3, -0.25) is 24.0 Å². The van der Waals surface area contributed by atoms with E-state index in [4.69, 9.17) is 90.0 Å². The second-order valence-electron chi connectivity index (χ2n) is 33.2. The number of hydrogen-bond donors (Lipinski definition) is 33. The summed E-state index contributed by atoms with van der Waals surface area (Å²) < 4.78 is 113. The van der Waals surface area contributed by atoms with Crippen LogP contribution in [0, 0.1) is 0 Å². The molecule has 10 saturated heterocycles. The molecule has 0 aromatic carbocycles. The Bertz CT molecular complexity index is 3670. The third-order valence-electron chi connectivity index (χ3n) is 23.8. The summed E-state index contributed by atoms with van der Waals surface area (Å²) in [6.45, 7) is -4.47. The van der Waals surface area contributed by atoms with Crippen LogP contribution in [0.4, 0.5) is 0 Å². The number of aliphatic hydroxyl groups is 27. The molecule has 10 aliphatic heterocycles. The van der Waals surface area contributed by atoms with Crippen molar-refractivity contribution in [1.29, 1.82) is 0 Å². The second kappa shape index (κ2) is 46.6. The number of carbonyl (C=O) groups is 6. The lowest BCUT2D eigenvalue weighted by molar-refractivity contribution is -0.399. The van der Waals surface area contributed by atoms with Crippen LogP contribution in [0.3, 0.4) is 0 Å². The third-order valence-corrected chi connectivity index (χ3v) is 23.8. The lowest BCUT2D eigenvalue weighted by Gasteiger charge is -2.51. The van der Waals surface area contributed by atoms with Crippen molar-refractivity contribution in [1.82, 2.24) is 26.6 Å². The van der Waals surface area contributed by atoms with Gasteiger partial charge in [-0.25, -0.2) is 4.79 Å². The van der Waals surface area contributed by atoms with Crippen LogP contribution in [0.2, 0.25) is 0 Å². The molecular weight excluding hydrogens is 1790 g/mol. The number of nitrogens with one attached hydrogen (secondary N) is 5. The average Bonchev–Trinajstić information content (AvgIpc) is 0.769. The Balaban J connectivity index is 0.960. The maximum Gasteiger partial charge on any atom is 0.364 e. The van der Waals surface area contributed by atoms with E-state index >= 15 is 0 Å². The first-order chi connectivity index (χ1) is 61.7. The minimum absolute atomic E-state index is 0.851. The van der Waals surface area contributed by atoms with Crippen molar-refractivity contribution in [3.05, 3.63) is 0 Å². The zero-order valence-electron chi connectivity index (χ0n) is 70.7. The summed E-state index contributed by atoms with van der Waals surface area (Å²) in [5.41, 5.74) is 0. The van der Waals surface area contributed by atoms with Gasteiger partial charge >= 0.3 is 5.97 Å². The van der Waals surface area contributed by atoms with Gasteiger partial charge in [0.05, 0.1) is 77.7 Å². The van der Waals surface area contributed by atoms with Crippen LogP contribution in [0.15, 0.2) is 0 Å². The van der Waals surface area contributed by atoms with Gasteiger partial charge in [0.25, 0.3) is 5.79 Å². The van der Waals surface area contributed by atoms with E-state index in [9.17, 15) is 172 Å². The monoisotopic (exact) mass is 1920 g/mol. The van der Waals surface area contributed by atoms with E-state index in [2.05, 4.69) is 26.6 Å². The maximum absolute atomic E-state index is 13.3. The number of ether oxygens (including phenoxy) is 19. The molecule has 0 bridgehead atoms. The normalized spacial score (nSPS) is 47.5. The van der Waals surface area contributed by atoms with E-state index in [1.807, 2.05) is 0 Å². The lowest BCUT2D eigenvalue weighted by Crippen LogP contribution is -2.71. The number of carbonyl (C=O) groups excluding carboxylic acids is 5. The van der Waals surface area contributed by atoms with Gasteiger partial charge in [-0.2, -0.15) is 0 Å². The number of aliphatic hydroxyl groups excluding tert-OH is 27. The highest BCUT2D eigenvalue weighted by Crippen LogP contribution is 2.42. The van der Waals surface area contributed by atoms with Crippen LogP contribution in [0.1, 0.15) is 48.0 Å². The Morgan fingerprint density at radius 3 is 1.16 bits per heavy atom. The largest absolute Gasteiger partial charge is 0.477 e. The SMILES string of the molecule is CC(=O)N[C@H]1[C@H]([C@H](O)[C@H](O)CO)OC(OC[C@H]2OC(O[C@H]3[C@H](O)[C@@H](NC(C)=O)C(O[C@@H]4C(O[C@H]5[C@H](O)[C@@H](COC6O[C@H](CO)[C@@H](O)[C@H](O)[C@@H]6OC6O[C@H](CO)[C@@H](O)[C@H](O)[C@H]6NC(C)=O)OC(O[C@H]6[C@H](O)[C@@H](NC(C)=O)C(O[C@H]7[C@H](O)[C@@H](NC(C)=O)C(O)O[C@@H]7COC7O[C@@H](C)[C@@H](O)[C@@H](O)[C@@H]7O)O[C@@H]6CO)[C@H]5O)O[C@H](CO)[C@@H](O)[C@@H]4O)O[C@@H]3CO)[C@H](O)[C@@H](O)[C@H]2O)(C(=O)O)C[C@@H]1O. The molecule has 0 aliphatic carbocycles. The van der Waals surface area contributed by atoms with Gasteiger partial charge in [0, 0.05) is 41.0 Å². The lowest BCUT2D eigenvalue weighted by atomic mass is 9.88. The van der Waals surface area contributed by atoms with E-state index in [1.54, 1.807) is 0 Å². The fourth-order valence-corrected chi connectivity index (χ4v) is 16.8. The van der Waals surface area contributed by atoms with Crippen LogP contribution < -0.4 is 26.6 Å². The minimum atomic E-state index is -3.11. The quantitative estimate of drug-likeness (QED) is 0.0280. The molecule has 0 saturated carbocycles. The number of amides is 5. The first-order valence-electron chi connectivity index (χ1n) is 41.6. The van der Waals surface area contributed by atoms with Gasteiger partial charge in [0.15, 0.2) is 56.6 Å².